The quantitative estimate of drug-likeness (QED) is 0.592. The number of rotatable bonds is 7. The maximum atomic E-state index is 12.6. The van der Waals surface area contributed by atoms with Crippen molar-refractivity contribution in [3.63, 3.8) is 0 Å². The van der Waals surface area contributed by atoms with E-state index < -0.39 is 21.9 Å². The molecular weight excluding hydrogens is 358 g/mol. The van der Waals surface area contributed by atoms with E-state index in [2.05, 4.69) is 5.32 Å². The van der Waals surface area contributed by atoms with Gasteiger partial charge in [-0.1, -0.05) is 37.6 Å². The number of pyridine rings is 1. The lowest BCUT2D eigenvalue weighted by Gasteiger charge is -2.33. The summed E-state index contributed by atoms with van der Waals surface area (Å²) < 4.78 is 1.03. The molecule has 26 heavy (non-hydrogen) atoms. The Kier molecular flexibility index (Phi) is 6.15. The van der Waals surface area contributed by atoms with Crippen molar-refractivity contribution >= 4 is 23.2 Å². The highest BCUT2D eigenvalue weighted by Gasteiger charge is 2.30. The molecule has 0 radical (unpaired) electrons. The van der Waals surface area contributed by atoms with Gasteiger partial charge in [0.25, 0.3) is 11.2 Å². The van der Waals surface area contributed by atoms with E-state index >= 15 is 0 Å². The first kappa shape index (κ1) is 19.7. The van der Waals surface area contributed by atoms with Crippen LogP contribution in [0.2, 0.25) is 5.02 Å². The number of hydrogen-bond acceptors (Lipinski definition) is 4. The molecule has 7 nitrogen and oxygen atoms in total. The maximum Gasteiger partial charge on any atom is 0.285 e. The van der Waals surface area contributed by atoms with Crippen LogP contribution >= 0.6 is 11.6 Å². The lowest BCUT2D eigenvalue weighted by atomic mass is 9.84. The third kappa shape index (κ3) is 4.29. The predicted molar refractivity (Wildman–Crippen MR) is 99.2 cm³/mol. The van der Waals surface area contributed by atoms with Crippen LogP contribution in [0.15, 0.2) is 47.4 Å². The minimum atomic E-state index is -0.607. The van der Waals surface area contributed by atoms with Gasteiger partial charge < -0.3 is 5.32 Å². The summed E-state index contributed by atoms with van der Waals surface area (Å²) in [5, 5.41) is 14.4. The van der Waals surface area contributed by atoms with E-state index in [1.165, 1.54) is 0 Å². The molecule has 1 aromatic heterocycles. The highest BCUT2D eigenvalue weighted by atomic mass is 35.5. The molecule has 0 aliphatic carbocycles. The van der Waals surface area contributed by atoms with Gasteiger partial charge in [0.15, 0.2) is 0 Å². The van der Waals surface area contributed by atoms with Gasteiger partial charge in [0.2, 0.25) is 5.91 Å². The molecule has 0 bridgehead atoms. The SMILES string of the molecule is CCC(CC)(NC(=O)Cn1cc([N+](=O)[O-])ccc1=O)c1ccc(Cl)cc1. The Morgan fingerprint density at radius 1 is 1.19 bits per heavy atom. The van der Waals surface area contributed by atoms with Gasteiger partial charge in [0, 0.05) is 17.2 Å². The third-order valence-electron chi connectivity index (χ3n) is 4.48. The second-order valence-corrected chi connectivity index (χ2v) is 6.39. The zero-order valence-corrected chi connectivity index (χ0v) is 15.3. The molecule has 0 atom stereocenters. The average Bonchev–Trinajstić information content (AvgIpc) is 2.62. The fourth-order valence-electron chi connectivity index (χ4n) is 2.89. The van der Waals surface area contributed by atoms with Gasteiger partial charge in [-0.05, 0) is 30.5 Å². The van der Waals surface area contributed by atoms with E-state index in [1.54, 1.807) is 12.1 Å². The number of nitro groups is 1. The number of carbonyl (C=O) groups excluding carboxylic acids is 1. The lowest BCUT2D eigenvalue weighted by molar-refractivity contribution is -0.385. The van der Waals surface area contributed by atoms with Crippen molar-refractivity contribution in [1.29, 1.82) is 0 Å². The molecule has 0 unspecified atom stereocenters. The van der Waals surface area contributed by atoms with Crippen LogP contribution in [0.3, 0.4) is 0 Å². The van der Waals surface area contributed by atoms with Crippen molar-refractivity contribution in [3.8, 4) is 0 Å². The van der Waals surface area contributed by atoms with Crippen molar-refractivity contribution in [1.82, 2.24) is 9.88 Å². The van der Waals surface area contributed by atoms with E-state index in [4.69, 9.17) is 11.6 Å². The van der Waals surface area contributed by atoms with E-state index in [-0.39, 0.29) is 12.2 Å². The van der Waals surface area contributed by atoms with Crippen molar-refractivity contribution in [2.45, 2.75) is 38.8 Å². The Morgan fingerprint density at radius 3 is 2.35 bits per heavy atom. The topological polar surface area (TPSA) is 94.2 Å². The predicted octanol–water partition coefficient (Wildman–Crippen LogP) is 3.24. The van der Waals surface area contributed by atoms with Gasteiger partial charge in [-0.15, -0.1) is 0 Å². The number of nitrogens with one attached hydrogen (secondary N) is 1. The fourth-order valence-corrected chi connectivity index (χ4v) is 3.01. The third-order valence-corrected chi connectivity index (χ3v) is 4.73. The normalized spacial score (nSPS) is 11.2. The summed E-state index contributed by atoms with van der Waals surface area (Å²) in [4.78, 5) is 34.7. The molecule has 2 rings (SSSR count). The molecule has 0 aliphatic heterocycles. The number of benzene rings is 1. The lowest BCUT2D eigenvalue weighted by Crippen LogP contribution is -2.47. The van der Waals surface area contributed by atoms with Crippen LogP contribution in [0, 0.1) is 10.1 Å². The molecule has 0 saturated carbocycles. The van der Waals surface area contributed by atoms with Crippen LogP contribution in [-0.2, 0) is 16.9 Å². The molecule has 1 aromatic carbocycles. The monoisotopic (exact) mass is 377 g/mol. The Hall–Kier alpha value is -2.67. The van der Waals surface area contributed by atoms with Gasteiger partial charge in [0.05, 0.1) is 16.7 Å². The molecular formula is C18H20ClN3O4. The Morgan fingerprint density at radius 2 is 1.81 bits per heavy atom. The summed E-state index contributed by atoms with van der Waals surface area (Å²) in [6.07, 6.45) is 2.35. The van der Waals surface area contributed by atoms with Crippen molar-refractivity contribution in [3.05, 3.63) is 73.6 Å². The van der Waals surface area contributed by atoms with E-state index in [9.17, 15) is 19.7 Å². The average molecular weight is 378 g/mol. The molecule has 1 heterocycles. The summed E-state index contributed by atoms with van der Waals surface area (Å²) >= 11 is 5.94. The first-order valence-corrected chi connectivity index (χ1v) is 8.61. The standard InChI is InChI=1S/C18H20ClN3O4/c1-3-18(4-2,13-5-7-14(19)8-6-13)20-16(23)12-21-11-15(22(25)26)9-10-17(21)24/h5-11H,3-4,12H2,1-2H3,(H,20,23). The van der Waals surface area contributed by atoms with Gasteiger partial charge >= 0.3 is 0 Å². The minimum Gasteiger partial charge on any atom is -0.345 e. The van der Waals surface area contributed by atoms with Crippen molar-refractivity contribution in [2.24, 2.45) is 0 Å². The Balaban J connectivity index is 2.26. The minimum absolute atomic E-state index is 0.243. The molecule has 0 aliphatic rings. The molecule has 1 N–H and O–H groups in total. The molecule has 0 fully saturated rings. The van der Waals surface area contributed by atoms with Crippen LogP contribution in [0.4, 0.5) is 5.69 Å². The molecule has 138 valence electrons. The molecule has 0 spiro atoms. The second kappa shape index (κ2) is 8.14. The Labute approximate surface area is 155 Å². The second-order valence-electron chi connectivity index (χ2n) is 5.95. The number of amides is 1. The molecule has 8 heteroatoms. The van der Waals surface area contributed by atoms with Crippen LogP contribution < -0.4 is 10.9 Å². The van der Waals surface area contributed by atoms with Gasteiger partial charge in [-0.25, -0.2) is 0 Å². The zero-order chi connectivity index (χ0) is 19.3. The number of hydrogen-bond donors (Lipinski definition) is 1. The number of nitrogens with zero attached hydrogens (tertiary/aromatic N) is 2. The molecule has 1 amide bonds. The van der Waals surface area contributed by atoms with Crippen LogP contribution in [-0.4, -0.2) is 15.4 Å². The molecule has 0 saturated heterocycles. The van der Waals surface area contributed by atoms with Crippen LogP contribution in [0.5, 0.6) is 0 Å². The van der Waals surface area contributed by atoms with Crippen molar-refractivity contribution in [2.75, 3.05) is 0 Å². The largest absolute Gasteiger partial charge is 0.345 e. The summed E-state index contributed by atoms with van der Waals surface area (Å²) in [5.41, 5.74) is -0.416. The zero-order valence-electron chi connectivity index (χ0n) is 14.6. The number of halogens is 1. The fraction of sp³-hybridized carbons (Fsp3) is 0.333. The van der Waals surface area contributed by atoms with E-state index in [0.29, 0.717) is 17.9 Å². The summed E-state index contributed by atoms with van der Waals surface area (Å²) in [7, 11) is 0. The van der Waals surface area contributed by atoms with E-state index in [0.717, 1.165) is 28.5 Å². The smallest absolute Gasteiger partial charge is 0.285 e. The number of aromatic nitrogens is 1. The van der Waals surface area contributed by atoms with E-state index in [1.807, 2.05) is 26.0 Å². The summed E-state index contributed by atoms with van der Waals surface area (Å²) in [5.74, 6) is -0.397. The van der Waals surface area contributed by atoms with Crippen LogP contribution in [0.25, 0.3) is 0 Å². The van der Waals surface area contributed by atoms with Crippen molar-refractivity contribution < 1.29 is 9.72 Å². The van der Waals surface area contributed by atoms with Gasteiger partial charge in [0.1, 0.15) is 6.54 Å². The molecule has 2 aromatic rings. The Bertz CT molecular complexity index is 857. The first-order valence-electron chi connectivity index (χ1n) is 8.23. The van der Waals surface area contributed by atoms with Crippen LogP contribution in [0.1, 0.15) is 32.3 Å². The highest BCUT2D eigenvalue weighted by Crippen LogP contribution is 2.29. The highest BCUT2D eigenvalue weighted by molar-refractivity contribution is 6.30. The van der Waals surface area contributed by atoms with Gasteiger partial charge in [-0.2, -0.15) is 0 Å². The van der Waals surface area contributed by atoms with Gasteiger partial charge in [-0.3, -0.25) is 24.3 Å². The maximum absolute atomic E-state index is 12.6. The first-order chi connectivity index (χ1) is 12.3. The number of carbonyl (C=O) groups is 1. The summed E-state index contributed by atoms with van der Waals surface area (Å²) in [6, 6.07) is 9.43. The summed E-state index contributed by atoms with van der Waals surface area (Å²) in [6.45, 7) is 3.62.